The number of halogens is 2. The number of nitrogens with one attached hydrogen (secondary N) is 2. The molecule has 0 aliphatic heterocycles. The minimum atomic E-state index is 0.452. The molecule has 1 aromatic heterocycles. The standard InChI is InChI=1S/C10H11Br2N5O/c1-2-18-9-6(3-7(11)4-8(9)12)5-13-10-14-16-17-15-10/h3-4H,2,5H2,1H3,(H2,13,14,15,16,17). The predicted octanol–water partition coefficient (Wildman–Crippen LogP) is 2.74. The Kier molecular flexibility index (Phi) is 4.54. The van der Waals surface area contributed by atoms with Gasteiger partial charge in [0.1, 0.15) is 5.75 Å². The molecule has 18 heavy (non-hydrogen) atoms. The van der Waals surface area contributed by atoms with E-state index < -0.39 is 0 Å². The quantitative estimate of drug-likeness (QED) is 0.839. The third-order valence-electron chi connectivity index (χ3n) is 2.16. The Morgan fingerprint density at radius 3 is 2.89 bits per heavy atom. The molecule has 8 heteroatoms. The van der Waals surface area contributed by atoms with Crippen LogP contribution in [0.3, 0.4) is 0 Å². The third-order valence-corrected chi connectivity index (χ3v) is 3.20. The Morgan fingerprint density at radius 1 is 1.39 bits per heavy atom. The number of ether oxygens (including phenoxy) is 1. The topological polar surface area (TPSA) is 75.7 Å². The van der Waals surface area contributed by atoms with Crippen molar-refractivity contribution in [3.8, 4) is 5.75 Å². The molecule has 0 aliphatic rings. The third kappa shape index (κ3) is 3.20. The van der Waals surface area contributed by atoms with Gasteiger partial charge in [-0.25, -0.2) is 0 Å². The largest absolute Gasteiger partial charge is 0.492 e. The molecule has 0 saturated heterocycles. The first kappa shape index (κ1) is 13.3. The van der Waals surface area contributed by atoms with Crippen LogP contribution in [-0.4, -0.2) is 27.2 Å². The van der Waals surface area contributed by atoms with E-state index in [9.17, 15) is 0 Å². The van der Waals surface area contributed by atoms with E-state index in [0.29, 0.717) is 19.1 Å². The van der Waals surface area contributed by atoms with Crippen LogP contribution in [0.5, 0.6) is 5.75 Å². The summed E-state index contributed by atoms with van der Waals surface area (Å²) in [6.07, 6.45) is 0. The summed E-state index contributed by atoms with van der Waals surface area (Å²) in [5, 5.41) is 16.6. The number of anilines is 1. The first-order valence-electron chi connectivity index (χ1n) is 5.28. The number of nitrogens with zero attached hydrogens (tertiary/aromatic N) is 3. The Balaban J connectivity index is 2.19. The monoisotopic (exact) mass is 375 g/mol. The highest BCUT2D eigenvalue weighted by atomic mass is 79.9. The summed E-state index contributed by atoms with van der Waals surface area (Å²) in [7, 11) is 0. The molecular weight excluding hydrogens is 366 g/mol. The Bertz CT molecular complexity index is 517. The van der Waals surface area contributed by atoms with Gasteiger partial charge >= 0.3 is 0 Å². The van der Waals surface area contributed by atoms with Gasteiger partial charge in [-0.2, -0.15) is 5.21 Å². The zero-order valence-corrected chi connectivity index (χ0v) is 12.7. The number of hydrogen-bond acceptors (Lipinski definition) is 5. The van der Waals surface area contributed by atoms with Crippen molar-refractivity contribution in [2.75, 3.05) is 11.9 Å². The first-order chi connectivity index (χ1) is 8.70. The molecule has 96 valence electrons. The van der Waals surface area contributed by atoms with Crippen molar-refractivity contribution in [1.29, 1.82) is 0 Å². The molecule has 2 rings (SSSR count). The Hall–Kier alpha value is -1.15. The number of H-pyrrole nitrogens is 1. The SMILES string of the molecule is CCOc1c(Br)cc(Br)cc1CNc1nn[nH]n1. The molecule has 0 aliphatic carbocycles. The van der Waals surface area contributed by atoms with Gasteiger partial charge in [0, 0.05) is 16.6 Å². The van der Waals surface area contributed by atoms with Crippen LogP contribution in [0.2, 0.25) is 0 Å². The number of aromatic nitrogens is 4. The highest BCUT2D eigenvalue weighted by Crippen LogP contribution is 2.33. The van der Waals surface area contributed by atoms with Crippen LogP contribution in [0.4, 0.5) is 5.95 Å². The fourth-order valence-corrected chi connectivity index (χ4v) is 2.89. The van der Waals surface area contributed by atoms with Crippen molar-refractivity contribution in [3.05, 3.63) is 26.6 Å². The van der Waals surface area contributed by atoms with Gasteiger partial charge in [0.15, 0.2) is 0 Å². The molecule has 1 heterocycles. The molecule has 0 amide bonds. The van der Waals surface area contributed by atoms with Gasteiger partial charge in [0.25, 0.3) is 5.95 Å². The van der Waals surface area contributed by atoms with E-state index in [4.69, 9.17) is 4.74 Å². The van der Waals surface area contributed by atoms with Gasteiger partial charge in [-0.15, -0.1) is 5.10 Å². The average Bonchev–Trinajstić information content (AvgIpc) is 2.83. The zero-order valence-electron chi connectivity index (χ0n) is 9.57. The highest BCUT2D eigenvalue weighted by Gasteiger charge is 2.10. The van der Waals surface area contributed by atoms with Crippen molar-refractivity contribution in [2.24, 2.45) is 0 Å². The van der Waals surface area contributed by atoms with Gasteiger partial charge in [-0.1, -0.05) is 21.0 Å². The van der Waals surface area contributed by atoms with E-state index in [0.717, 1.165) is 20.3 Å². The molecule has 6 nitrogen and oxygen atoms in total. The lowest BCUT2D eigenvalue weighted by Crippen LogP contribution is -2.05. The average molecular weight is 377 g/mol. The smallest absolute Gasteiger partial charge is 0.263 e. The predicted molar refractivity (Wildman–Crippen MR) is 74.5 cm³/mol. The molecule has 0 unspecified atom stereocenters. The van der Waals surface area contributed by atoms with Crippen LogP contribution in [0, 0.1) is 0 Å². The maximum Gasteiger partial charge on any atom is 0.263 e. The number of aromatic amines is 1. The molecule has 0 atom stereocenters. The van der Waals surface area contributed by atoms with E-state index in [2.05, 4.69) is 57.8 Å². The second-order valence-electron chi connectivity index (χ2n) is 3.40. The summed E-state index contributed by atoms with van der Waals surface area (Å²) >= 11 is 6.94. The summed E-state index contributed by atoms with van der Waals surface area (Å²) in [6.45, 7) is 3.10. The van der Waals surface area contributed by atoms with Crippen LogP contribution in [0.1, 0.15) is 12.5 Å². The van der Waals surface area contributed by atoms with E-state index in [1.165, 1.54) is 0 Å². The fraction of sp³-hybridized carbons (Fsp3) is 0.300. The second-order valence-corrected chi connectivity index (χ2v) is 5.17. The molecule has 0 radical (unpaired) electrons. The number of rotatable bonds is 5. The lowest BCUT2D eigenvalue weighted by Gasteiger charge is -2.13. The maximum atomic E-state index is 5.62. The lowest BCUT2D eigenvalue weighted by atomic mass is 10.2. The Labute approximate surface area is 121 Å². The number of benzene rings is 1. The molecule has 2 aromatic rings. The van der Waals surface area contributed by atoms with E-state index in [1.54, 1.807) is 0 Å². The van der Waals surface area contributed by atoms with Crippen molar-refractivity contribution < 1.29 is 4.74 Å². The fourth-order valence-electron chi connectivity index (χ4n) is 1.46. The van der Waals surface area contributed by atoms with Gasteiger partial charge in [-0.3, -0.25) is 0 Å². The van der Waals surface area contributed by atoms with Crippen LogP contribution in [0.15, 0.2) is 21.1 Å². The normalized spacial score (nSPS) is 10.4. The molecule has 1 aromatic carbocycles. The van der Waals surface area contributed by atoms with Crippen LogP contribution in [0.25, 0.3) is 0 Å². The minimum absolute atomic E-state index is 0.452. The van der Waals surface area contributed by atoms with Crippen LogP contribution in [-0.2, 0) is 6.54 Å². The van der Waals surface area contributed by atoms with Gasteiger partial charge in [0.2, 0.25) is 0 Å². The summed E-state index contributed by atoms with van der Waals surface area (Å²) in [5.74, 6) is 1.27. The summed E-state index contributed by atoms with van der Waals surface area (Å²) in [6, 6.07) is 3.94. The van der Waals surface area contributed by atoms with Crippen molar-refractivity contribution in [2.45, 2.75) is 13.5 Å². The van der Waals surface area contributed by atoms with Gasteiger partial charge < -0.3 is 10.1 Å². The highest BCUT2D eigenvalue weighted by molar-refractivity contribution is 9.11. The number of hydrogen-bond donors (Lipinski definition) is 2. The first-order valence-corrected chi connectivity index (χ1v) is 6.87. The van der Waals surface area contributed by atoms with E-state index >= 15 is 0 Å². The number of tetrazole rings is 1. The summed E-state index contributed by atoms with van der Waals surface area (Å²) in [4.78, 5) is 0. The van der Waals surface area contributed by atoms with Crippen molar-refractivity contribution in [3.63, 3.8) is 0 Å². The van der Waals surface area contributed by atoms with Crippen LogP contribution >= 0.6 is 31.9 Å². The van der Waals surface area contributed by atoms with Gasteiger partial charge in [0.05, 0.1) is 11.1 Å². The maximum absolute atomic E-state index is 5.62. The van der Waals surface area contributed by atoms with Gasteiger partial charge in [-0.05, 0) is 40.2 Å². The summed E-state index contributed by atoms with van der Waals surface area (Å²) < 4.78 is 7.50. The Morgan fingerprint density at radius 2 is 2.22 bits per heavy atom. The summed E-state index contributed by atoms with van der Waals surface area (Å²) in [5.41, 5.74) is 1.00. The van der Waals surface area contributed by atoms with Crippen molar-refractivity contribution in [1.82, 2.24) is 20.6 Å². The lowest BCUT2D eigenvalue weighted by molar-refractivity contribution is 0.334. The molecule has 0 spiro atoms. The molecule has 0 bridgehead atoms. The van der Waals surface area contributed by atoms with Crippen molar-refractivity contribution >= 4 is 37.8 Å². The molecule has 2 N–H and O–H groups in total. The molecule has 0 saturated carbocycles. The zero-order chi connectivity index (χ0) is 13.0. The second kappa shape index (κ2) is 6.14. The van der Waals surface area contributed by atoms with E-state index in [-0.39, 0.29) is 0 Å². The molecule has 0 fully saturated rings. The minimum Gasteiger partial charge on any atom is -0.492 e. The van der Waals surface area contributed by atoms with E-state index in [1.807, 2.05) is 19.1 Å². The molecular formula is C10H11Br2N5O. The van der Waals surface area contributed by atoms with Crippen LogP contribution < -0.4 is 10.1 Å².